The fourth-order valence-electron chi connectivity index (χ4n) is 4.60. The van der Waals surface area contributed by atoms with Gasteiger partial charge in [0, 0.05) is 37.3 Å². The minimum Gasteiger partial charge on any atom is -0.378 e. The van der Waals surface area contributed by atoms with Gasteiger partial charge in [0.05, 0.1) is 28.8 Å². The van der Waals surface area contributed by atoms with E-state index in [9.17, 15) is 4.79 Å². The van der Waals surface area contributed by atoms with Crippen LogP contribution in [-0.4, -0.2) is 52.1 Å². The van der Waals surface area contributed by atoms with Gasteiger partial charge in [-0.2, -0.15) is 0 Å². The van der Waals surface area contributed by atoms with E-state index in [1.165, 1.54) is 0 Å². The van der Waals surface area contributed by atoms with Crippen molar-refractivity contribution in [3.63, 3.8) is 0 Å². The van der Waals surface area contributed by atoms with Crippen LogP contribution in [0.4, 0.5) is 11.6 Å². The lowest BCUT2D eigenvalue weighted by atomic mass is 9.81. The van der Waals surface area contributed by atoms with Crippen LogP contribution < -0.4 is 5.32 Å². The largest absolute Gasteiger partial charge is 0.378 e. The highest BCUT2D eigenvalue weighted by Crippen LogP contribution is 2.39. The van der Waals surface area contributed by atoms with Gasteiger partial charge in [-0.15, -0.1) is 11.3 Å². The SMILES string of the molecule is Cc1ccnc(Nc2cccc(-c3cnc([C@H]4CC[C@H](C(=O)N5CCOCC5)CC4)s3)n2)c1. The second kappa shape index (κ2) is 9.97. The Morgan fingerprint density at radius 3 is 2.70 bits per heavy atom. The fraction of sp³-hybridized carbons (Fsp3) is 0.440. The van der Waals surface area contributed by atoms with E-state index in [0.717, 1.165) is 71.6 Å². The van der Waals surface area contributed by atoms with Gasteiger partial charge in [-0.1, -0.05) is 6.07 Å². The van der Waals surface area contributed by atoms with Crippen LogP contribution in [0.15, 0.2) is 42.7 Å². The van der Waals surface area contributed by atoms with Crippen LogP contribution in [0.3, 0.4) is 0 Å². The van der Waals surface area contributed by atoms with Gasteiger partial charge in [-0.25, -0.2) is 15.0 Å². The lowest BCUT2D eigenvalue weighted by molar-refractivity contribution is -0.140. The Balaban J connectivity index is 1.21. The van der Waals surface area contributed by atoms with Crippen molar-refractivity contribution in [1.82, 2.24) is 19.9 Å². The molecule has 0 bridgehead atoms. The van der Waals surface area contributed by atoms with E-state index in [0.29, 0.717) is 25.0 Å². The summed E-state index contributed by atoms with van der Waals surface area (Å²) < 4.78 is 5.38. The van der Waals surface area contributed by atoms with Gasteiger partial charge in [0.25, 0.3) is 0 Å². The van der Waals surface area contributed by atoms with Crippen LogP contribution in [0.1, 0.15) is 42.2 Å². The maximum Gasteiger partial charge on any atom is 0.225 e. The molecule has 1 aliphatic carbocycles. The van der Waals surface area contributed by atoms with Gasteiger partial charge < -0.3 is 15.0 Å². The van der Waals surface area contributed by atoms with Crippen molar-refractivity contribution in [2.24, 2.45) is 5.92 Å². The molecule has 0 unspecified atom stereocenters. The average molecular weight is 464 g/mol. The summed E-state index contributed by atoms with van der Waals surface area (Å²) in [6.07, 6.45) is 7.64. The molecule has 0 aromatic carbocycles. The number of ether oxygens (including phenoxy) is 1. The number of pyridine rings is 2. The first-order chi connectivity index (χ1) is 16.2. The molecule has 172 valence electrons. The van der Waals surface area contributed by atoms with Crippen molar-refractivity contribution < 1.29 is 9.53 Å². The van der Waals surface area contributed by atoms with Gasteiger partial charge >= 0.3 is 0 Å². The number of thiazole rings is 1. The molecule has 3 aromatic rings. The molecule has 8 heteroatoms. The zero-order chi connectivity index (χ0) is 22.6. The van der Waals surface area contributed by atoms with Crippen LogP contribution in [0.25, 0.3) is 10.6 Å². The number of nitrogens with zero attached hydrogens (tertiary/aromatic N) is 4. The van der Waals surface area contributed by atoms with E-state index in [-0.39, 0.29) is 5.92 Å². The van der Waals surface area contributed by atoms with E-state index in [1.807, 2.05) is 48.4 Å². The smallest absolute Gasteiger partial charge is 0.225 e. The molecule has 1 saturated heterocycles. The molecule has 2 fully saturated rings. The fourth-order valence-corrected chi connectivity index (χ4v) is 5.66. The lowest BCUT2D eigenvalue weighted by Crippen LogP contribution is -2.44. The topological polar surface area (TPSA) is 80.2 Å². The minimum atomic E-state index is 0.151. The molecule has 0 spiro atoms. The zero-order valence-corrected chi connectivity index (χ0v) is 19.7. The predicted octanol–water partition coefficient (Wildman–Crippen LogP) is 4.78. The Bertz CT molecular complexity index is 1100. The summed E-state index contributed by atoms with van der Waals surface area (Å²) in [4.78, 5) is 29.7. The number of carbonyl (C=O) groups excluding carboxylic acids is 1. The van der Waals surface area contributed by atoms with E-state index in [1.54, 1.807) is 17.5 Å². The van der Waals surface area contributed by atoms with Gasteiger partial charge in [-0.3, -0.25) is 4.79 Å². The number of aromatic nitrogens is 3. The summed E-state index contributed by atoms with van der Waals surface area (Å²) in [5.41, 5.74) is 2.06. The summed E-state index contributed by atoms with van der Waals surface area (Å²) >= 11 is 1.72. The van der Waals surface area contributed by atoms with Gasteiger partial charge in [0.15, 0.2) is 0 Å². The number of hydrogen-bond donors (Lipinski definition) is 1. The van der Waals surface area contributed by atoms with Crippen molar-refractivity contribution in [2.75, 3.05) is 31.6 Å². The molecule has 2 aliphatic rings. The highest BCUT2D eigenvalue weighted by molar-refractivity contribution is 7.15. The lowest BCUT2D eigenvalue weighted by Gasteiger charge is -2.33. The standard InChI is InChI=1S/C25H29N5O2S/c1-17-9-10-26-23(15-17)29-22-4-2-3-20(28-22)21-16-27-24(33-21)18-5-7-19(8-6-18)25(31)30-11-13-32-14-12-30/h2-4,9-10,15-16,18-19H,5-8,11-14H2,1H3,(H,26,28,29)/t18-,19-. The van der Waals surface area contributed by atoms with Crippen molar-refractivity contribution >= 4 is 28.9 Å². The number of morpholine rings is 1. The first kappa shape index (κ1) is 22.0. The number of aryl methyl sites for hydroxylation is 1. The van der Waals surface area contributed by atoms with Crippen molar-refractivity contribution in [3.05, 3.63) is 53.3 Å². The molecule has 1 amide bonds. The minimum absolute atomic E-state index is 0.151. The second-order valence-corrected chi connectivity index (χ2v) is 9.86. The quantitative estimate of drug-likeness (QED) is 0.586. The molecule has 0 radical (unpaired) electrons. The zero-order valence-electron chi connectivity index (χ0n) is 18.9. The van der Waals surface area contributed by atoms with Gasteiger partial charge in [0.2, 0.25) is 5.91 Å². The van der Waals surface area contributed by atoms with E-state index in [4.69, 9.17) is 14.7 Å². The summed E-state index contributed by atoms with van der Waals surface area (Å²) in [7, 11) is 0. The molecular weight excluding hydrogens is 434 g/mol. The van der Waals surface area contributed by atoms with Crippen LogP contribution in [0.5, 0.6) is 0 Å². The van der Waals surface area contributed by atoms with Crippen LogP contribution in [0.2, 0.25) is 0 Å². The van der Waals surface area contributed by atoms with Crippen molar-refractivity contribution in [1.29, 1.82) is 0 Å². The van der Waals surface area contributed by atoms with Crippen molar-refractivity contribution in [2.45, 2.75) is 38.5 Å². The molecule has 1 saturated carbocycles. The third-order valence-electron chi connectivity index (χ3n) is 6.45. The van der Waals surface area contributed by atoms with Crippen LogP contribution in [-0.2, 0) is 9.53 Å². The monoisotopic (exact) mass is 463 g/mol. The van der Waals surface area contributed by atoms with Gasteiger partial charge in [0.1, 0.15) is 11.6 Å². The number of rotatable bonds is 5. The first-order valence-corrected chi connectivity index (χ1v) is 12.5. The van der Waals surface area contributed by atoms with E-state index >= 15 is 0 Å². The molecule has 0 atom stereocenters. The normalized spacial score (nSPS) is 21.1. The number of anilines is 2. The van der Waals surface area contributed by atoms with Gasteiger partial charge in [-0.05, 0) is 62.4 Å². The van der Waals surface area contributed by atoms with E-state index in [2.05, 4.69) is 10.3 Å². The molecule has 33 heavy (non-hydrogen) atoms. The Morgan fingerprint density at radius 2 is 1.91 bits per heavy atom. The van der Waals surface area contributed by atoms with Crippen LogP contribution in [0, 0.1) is 12.8 Å². The maximum atomic E-state index is 12.8. The maximum absolute atomic E-state index is 12.8. The Labute approximate surface area is 198 Å². The van der Waals surface area contributed by atoms with E-state index < -0.39 is 0 Å². The third-order valence-corrected chi connectivity index (χ3v) is 7.63. The third kappa shape index (κ3) is 5.23. The second-order valence-electron chi connectivity index (χ2n) is 8.80. The highest BCUT2D eigenvalue weighted by atomic mass is 32.1. The molecule has 1 N–H and O–H groups in total. The van der Waals surface area contributed by atoms with Crippen molar-refractivity contribution in [3.8, 4) is 10.6 Å². The molecule has 3 aromatic heterocycles. The average Bonchev–Trinajstić information content (AvgIpc) is 3.35. The summed E-state index contributed by atoms with van der Waals surface area (Å²) in [5, 5.41) is 4.44. The molecule has 5 rings (SSSR count). The molecule has 1 aliphatic heterocycles. The summed E-state index contributed by atoms with van der Waals surface area (Å²) in [6.45, 7) is 4.83. The number of carbonyl (C=O) groups is 1. The number of amides is 1. The summed E-state index contributed by atoms with van der Waals surface area (Å²) in [5.74, 6) is 2.44. The Kier molecular flexibility index (Phi) is 6.64. The predicted molar refractivity (Wildman–Crippen MR) is 130 cm³/mol. The first-order valence-electron chi connectivity index (χ1n) is 11.6. The Hall–Kier alpha value is -2.84. The molecule has 7 nitrogen and oxygen atoms in total. The molecule has 4 heterocycles. The number of hydrogen-bond acceptors (Lipinski definition) is 7. The molecular formula is C25H29N5O2S. The number of nitrogens with one attached hydrogen (secondary N) is 1. The summed E-state index contributed by atoms with van der Waals surface area (Å²) in [6, 6.07) is 9.94. The highest BCUT2D eigenvalue weighted by Gasteiger charge is 2.31. The Morgan fingerprint density at radius 1 is 1.09 bits per heavy atom. The van der Waals surface area contributed by atoms with Crippen LogP contribution >= 0.6 is 11.3 Å².